The predicted octanol–water partition coefficient (Wildman–Crippen LogP) is 3.92. The molecule has 0 unspecified atom stereocenters. The van der Waals surface area contributed by atoms with Gasteiger partial charge < -0.3 is 10.2 Å². The van der Waals surface area contributed by atoms with Crippen LogP contribution in [0, 0.1) is 5.41 Å². The van der Waals surface area contributed by atoms with Gasteiger partial charge in [0.15, 0.2) is 0 Å². The Balaban J connectivity index is 1.21. The van der Waals surface area contributed by atoms with Crippen molar-refractivity contribution >= 4 is 41.1 Å². The van der Waals surface area contributed by atoms with Crippen LogP contribution in [0.25, 0.3) is 12.2 Å². The minimum atomic E-state index is -0.232. The van der Waals surface area contributed by atoms with Crippen molar-refractivity contribution < 1.29 is 9.59 Å². The van der Waals surface area contributed by atoms with Crippen molar-refractivity contribution in [2.75, 3.05) is 18.4 Å². The maximum absolute atomic E-state index is 12.6. The van der Waals surface area contributed by atoms with Crippen molar-refractivity contribution in [3.63, 3.8) is 0 Å². The molecule has 6 nitrogen and oxygen atoms in total. The highest BCUT2D eigenvalue weighted by molar-refractivity contribution is 7.10. The Labute approximate surface area is 179 Å². The van der Waals surface area contributed by atoms with Gasteiger partial charge in [0, 0.05) is 36.9 Å². The number of pyridine rings is 1. The molecule has 1 spiro atoms. The first-order valence-electron chi connectivity index (χ1n) is 10.5. The summed E-state index contributed by atoms with van der Waals surface area (Å²) in [5.74, 6) is 0.807. The number of fused-ring (bicyclic) bond motifs is 1. The fourth-order valence-electron chi connectivity index (χ4n) is 4.47. The second-order valence-electron chi connectivity index (χ2n) is 8.37. The summed E-state index contributed by atoms with van der Waals surface area (Å²) in [6.45, 7) is 1.47. The van der Waals surface area contributed by atoms with Crippen molar-refractivity contribution in [1.29, 1.82) is 0 Å². The van der Waals surface area contributed by atoms with E-state index in [0.29, 0.717) is 5.82 Å². The molecule has 1 N–H and O–H groups in total. The van der Waals surface area contributed by atoms with Gasteiger partial charge in [-0.2, -0.15) is 0 Å². The number of carbonyl (C=O) groups is 2. The summed E-state index contributed by atoms with van der Waals surface area (Å²) in [5, 5.41) is 5.97. The first-order chi connectivity index (χ1) is 14.6. The van der Waals surface area contributed by atoms with E-state index in [0.717, 1.165) is 67.7 Å². The summed E-state index contributed by atoms with van der Waals surface area (Å²) in [5.41, 5.74) is 3.08. The number of amides is 2. The number of hydrogen-bond donors (Lipinski definition) is 1. The lowest BCUT2D eigenvalue weighted by molar-refractivity contribution is -0.130. The van der Waals surface area contributed by atoms with E-state index >= 15 is 0 Å². The van der Waals surface area contributed by atoms with Crippen LogP contribution in [0.15, 0.2) is 35.5 Å². The normalized spacial score (nSPS) is 20.1. The molecule has 5 rings (SSSR count). The average molecular weight is 421 g/mol. The Kier molecular flexibility index (Phi) is 4.98. The molecule has 2 aliphatic heterocycles. The average Bonchev–Trinajstić information content (AvgIpc) is 3.24. The molecule has 2 aromatic rings. The number of carbonyl (C=O) groups excluding carboxylic acids is 2. The number of likely N-dealkylation sites (tertiary alicyclic amines) is 1. The topological polar surface area (TPSA) is 75.2 Å². The number of anilines is 1. The molecule has 7 heteroatoms. The van der Waals surface area contributed by atoms with E-state index in [1.165, 1.54) is 5.57 Å². The van der Waals surface area contributed by atoms with Crippen LogP contribution in [0.4, 0.5) is 5.82 Å². The van der Waals surface area contributed by atoms with Crippen molar-refractivity contribution in [1.82, 2.24) is 14.9 Å². The summed E-state index contributed by atoms with van der Waals surface area (Å²) >= 11 is 1.64. The summed E-state index contributed by atoms with van der Waals surface area (Å²) < 4.78 is 0. The van der Waals surface area contributed by atoms with E-state index in [1.54, 1.807) is 23.6 Å². The summed E-state index contributed by atoms with van der Waals surface area (Å²) in [6, 6.07) is 2.05. The molecule has 2 amide bonds. The smallest absolute Gasteiger partial charge is 0.246 e. The van der Waals surface area contributed by atoms with Gasteiger partial charge in [0.2, 0.25) is 11.8 Å². The molecule has 1 saturated heterocycles. The number of nitrogens with one attached hydrogen (secondary N) is 1. The maximum Gasteiger partial charge on any atom is 0.246 e. The standard InChI is InChI=1S/C23H24N4O2S/c28-20(27-9-4-16(5-10-27)13-19-24-8-11-30-19)3-2-17-12-18-14-23(6-1-7-23)22(29)26-21(18)25-15-17/h2-3,8,11-13,15H,1,4-7,9-10,14H2,(H,25,26,29)/b3-2+. The van der Waals surface area contributed by atoms with E-state index in [1.807, 2.05) is 22.6 Å². The minimum absolute atomic E-state index is 0.0322. The number of rotatable bonds is 3. The van der Waals surface area contributed by atoms with Gasteiger partial charge in [-0.3, -0.25) is 9.59 Å². The van der Waals surface area contributed by atoms with Crippen LogP contribution >= 0.6 is 11.3 Å². The van der Waals surface area contributed by atoms with Crippen LogP contribution in [0.5, 0.6) is 0 Å². The van der Waals surface area contributed by atoms with Crippen molar-refractivity contribution in [3.05, 3.63) is 51.6 Å². The SMILES string of the molecule is O=C(/C=C/c1cnc2c(c1)CC1(CCC1)C(=O)N2)N1CCC(=Cc2nccs2)CC1. The monoisotopic (exact) mass is 420 g/mol. The van der Waals surface area contributed by atoms with E-state index in [9.17, 15) is 9.59 Å². The van der Waals surface area contributed by atoms with Crippen LogP contribution in [0.3, 0.4) is 0 Å². The molecule has 2 fully saturated rings. The molecule has 30 heavy (non-hydrogen) atoms. The fourth-order valence-corrected chi connectivity index (χ4v) is 5.09. The van der Waals surface area contributed by atoms with Crippen LogP contribution in [0.2, 0.25) is 0 Å². The third-order valence-electron chi connectivity index (χ3n) is 6.46. The molecule has 1 aliphatic carbocycles. The lowest BCUT2D eigenvalue weighted by Crippen LogP contribution is -2.46. The lowest BCUT2D eigenvalue weighted by Gasteiger charge is -2.43. The van der Waals surface area contributed by atoms with Crippen LogP contribution < -0.4 is 5.32 Å². The number of aromatic nitrogens is 2. The van der Waals surface area contributed by atoms with Gasteiger partial charge in [-0.1, -0.05) is 12.0 Å². The molecule has 0 bridgehead atoms. The molecule has 154 valence electrons. The molecule has 2 aromatic heterocycles. The highest BCUT2D eigenvalue weighted by atomic mass is 32.1. The summed E-state index contributed by atoms with van der Waals surface area (Å²) in [7, 11) is 0. The predicted molar refractivity (Wildman–Crippen MR) is 118 cm³/mol. The van der Waals surface area contributed by atoms with E-state index in [-0.39, 0.29) is 17.2 Å². The quantitative estimate of drug-likeness (QED) is 0.764. The van der Waals surface area contributed by atoms with Crippen LogP contribution in [-0.4, -0.2) is 39.8 Å². The van der Waals surface area contributed by atoms with Crippen molar-refractivity contribution in [2.24, 2.45) is 5.41 Å². The zero-order valence-electron chi connectivity index (χ0n) is 16.8. The van der Waals surface area contributed by atoms with E-state index in [4.69, 9.17) is 0 Å². The highest BCUT2D eigenvalue weighted by Crippen LogP contribution is 2.47. The zero-order chi connectivity index (χ0) is 20.6. The summed E-state index contributed by atoms with van der Waals surface area (Å²) in [6.07, 6.45) is 14.7. The number of nitrogens with zero attached hydrogens (tertiary/aromatic N) is 3. The first kappa shape index (κ1) is 19.2. The Morgan fingerprint density at radius 3 is 2.77 bits per heavy atom. The van der Waals surface area contributed by atoms with Crippen LogP contribution in [-0.2, 0) is 16.0 Å². The van der Waals surface area contributed by atoms with Gasteiger partial charge in [0.1, 0.15) is 10.8 Å². The Hall–Kier alpha value is -2.80. The third-order valence-corrected chi connectivity index (χ3v) is 7.18. The molecule has 3 aliphatic rings. The minimum Gasteiger partial charge on any atom is -0.339 e. The molecule has 0 radical (unpaired) electrons. The number of thiazole rings is 1. The molecule has 4 heterocycles. The molecule has 1 saturated carbocycles. The van der Waals surface area contributed by atoms with Gasteiger partial charge >= 0.3 is 0 Å². The first-order valence-corrected chi connectivity index (χ1v) is 11.4. The van der Waals surface area contributed by atoms with Gasteiger partial charge in [-0.25, -0.2) is 9.97 Å². The second-order valence-corrected chi connectivity index (χ2v) is 9.30. The Bertz CT molecular complexity index is 1030. The van der Waals surface area contributed by atoms with Crippen LogP contribution in [0.1, 0.15) is 48.2 Å². The Morgan fingerprint density at radius 1 is 1.23 bits per heavy atom. The number of piperidine rings is 1. The lowest BCUT2D eigenvalue weighted by atomic mass is 9.63. The van der Waals surface area contributed by atoms with Gasteiger partial charge in [0.25, 0.3) is 0 Å². The zero-order valence-corrected chi connectivity index (χ0v) is 17.6. The van der Waals surface area contributed by atoms with Gasteiger partial charge in [-0.05, 0) is 61.4 Å². The molecular formula is C23H24N4O2S. The molecule has 0 atom stereocenters. The fraction of sp³-hybridized carbons (Fsp3) is 0.391. The van der Waals surface area contributed by atoms with Gasteiger partial charge in [-0.15, -0.1) is 11.3 Å². The van der Waals surface area contributed by atoms with E-state index in [2.05, 4.69) is 27.4 Å². The Morgan fingerprint density at radius 2 is 2.07 bits per heavy atom. The van der Waals surface area contributed by atoms with Crippen molar-refractivity contribution in [2.45, 2.75) is 38.5 Å². The largest absolute Gasteiger partial charge is 0.339 e. The number of hydrogen-bond acceptors (Lipinski definition) is 5. The third kappa shape index (κ3) is 3.69. The van der Waals surface area contributed by atoms with E-state index < -0.39 is 0 Å². The summed E-state index contributed by atoms with van der Waals surface area (Å²) in [4.78, 5) is 35.5. The van der Waals surface area contributed by atoms with Crippen molar-refractivity contribution in [3.8, 4) is 0 Å². The maximum atomic E-state index is 12.6. The molecule has 0 aromatic carbocycles. The molecular weight excluding hydrogens is 396 g/mol. The second kappa shape index (κ2) is 7.80. The van der Waals surface area contributed by atoms with Gasteiger partial charge in [0.05, 0.1) is 5.41 Å². The highest BCUT2D eigenvalue weighted by Gasteiger charge is 2.47.